The van der Waals surface area contributed by atoms with Crippen LogP contribution in [-0.4, -0.2) is 11.6 Å². The van der Waals surface area contributed by atoms with E-state index < -0.39 is 4.87 Å². The van der Waals surface area contributed by atoms with Crippen molar-refractivity contribution in [3.8, 4) is 11.1 Å². The number of ketones is 2. The zero-order valence-corrected chi connectivity index (χ0v) is 14.5. The molecule has 2 aliphatic rings. The summed E-state index contributed by atoms with van der Waals surface area (Å²) in [4.78, 5) is 24.8. The molecule has 3 aromatic carbocycles. The van der Waals surface area contributed by atoms with Crippen LogP contribution in [0.4, 0.5) is 0 Å². The fourth-order valence-electron chi connectivity index (χ4n) is 4.04. The molecule has 0 spiro atoms. The number of Topliss-reactive ketones (excluding diaryl/α,β-unsaturated/α-hetero) is 1. The van der Waals surface area contributed by atoms with Crippen molar-refractivity contribution in [1.82, 2.24) is 0 Å². The first kappa shape index (κ1) is 15.3. The van der Waals surface area contributed by atoms with Crippen LogP contribution < -0.4 is 0 Å². The highest BCUT2D eigenvalue weighted by molar-refractivity contribution is 6.37. The van der Waals surface area contributed by atoms with Crippen LogP contribution in [-0.2, 0) is 4.87 Å². The normalized spacial score (nSPS) is 16.6. The Morgan fingerprint density at radius 3 is 1.65 bits per heavy atom. The second kappa shape index (κ2) is 5.26. The highest BCUT2D eigenvalue weighted by atomic mass is 35.5. The second-order valence-corrected chi connectivity index (χ2v) is 7.11. The van der Waals surface area contributed by atoms with Gasteiger partial charge in [0.2, 0.25) is 0 Å². The third-order valence-electron chi connectivity index (χ3n) is 5.21. The molecule has 0 atom stereocenters. The van der Waals surface area contributed by atoms with Gasteiger partial charge < -0.3 is 0 Å². The lowest BCUT2D eigenvalue weighted by Crippen LogP contribution is -2.30. The number of hydrogen-bond donors (Lipinski definition) is 0. The number of halogens is 1. The summed E-state index contributed by atoms with van der Waals surface area (Å²) in [5, 5.41) is 0. The lowest BCUT2D eigenvalue weighted by atomic mass is 9.79. The van der Waals surface area contributed by atoms with E-state index in [4.69, 9.17) is 11.6 Å². The van der Waals surface area contributed by atoms with Gasteiger partial charge in [-0.3, -0.25) is 9.59 Å². The summed E-state index contributed by atoms with van der Waals surface area (Å²) in [6.07, 6.45) is 1.41. The van der Waals surface area contributed by atoms with Gasteiger partial charge in [-0.2, -0.15) is 0 Å². The Morgan fingerprint density at radius 1 is 0.615 bits per heavy atom. The van der Waals surface area contributed by atoms with E-state index >= 15 is 0 Å². The number of hydrogen-bond acceptors (Lipinski definition) is 2. The first-order chi connectivity index (χ1) is 12.6. The zero-order valence-electron chi connectivity index (χ0n) is 13.7. The molecule has 0 radical (unpaired) electrons. The number of fused-ring (bicyclic) bond motifs is 4. The van der Waals surface area contributed by atoms with E-state index in [-0.39, 0.29) is 11.6 Å². The van der Waals surface area contributed by atoms with E-state index in [0.29, 0.717) is 16.7 Å². The first-order valence-electron chi connectivity index (χ1n) is 8.41. The van der Waals surface area contributed by atoms with Crippen molar-refractivity contribution in [2.45, 2.75) is 4.87 Å². The quantitative estimate of drug-likeness (QED) is 0.565. The Morgan fingerprint density at radius 2 is 1.08 bits per heavy atom. The fraction of sp³-hybridized carbons (Fsp3) is 0.0435. The number of carbonyl (C=O) groups is 2. The van der Waals surface area contributed by atoms with Crippen LogP contribution in [0.2, 0.25) is 0 Å². The molecule has 0 heterocycles. The van der Waals surface area contributed by atoms with Crippen LogP contribution in [0, 0.1) is 0 Å². The van der Waals surface area contributed by atoms with Crippen molar-refractivity contribution in [1.29, 1.82) is 0 Å². The third-order valence-corrected chi connectivity index (χ3v) is 5.83. The van der Waals surface area contributed by atoms with E-state index in [9.17, 15) is 9.59 Å². The molecule has 0 aliphatic heterocycles. The van der Waals surface area contributed by atoms with Gasteiger partial charge in [0.25, 0.3) is 0 Å². The summed E-state index contributed by atoms with van der Waals surface area (Å²) < 4.78 is 0. The minimum atomic E-state index is -1.16. The van der Waals surface area contributed by atoms with Gasteiger partial charge in [-0.05, 0) is 28.3 Å². The number of benzene rings is 3. The molecule has 26 heavy (non-hydrogen) atoms. The van der Waals surface area contributed by atoms with Crippen molar-refractivity contribution >= 4 is 23.2 Å². The van der Waals surface area contributed by atoms with Gasteiger partial charge in [0, 0.05) is 16.7 Å². The van der Waals surface area contributed by atoms with Gasteiger partial charge in [-0.25, -0.2) is 0 Å². The van der Waals surface area contributed by atoms with E-state index in [0.717, 1.165) is 22.3 Å². The molecule has 0 aromatic heterocycles. The highest BCUT2D eigenvalue weighted by Gasteiger charge is 2.48. The van der Waals surface area contributed by atoms with Crippen LogP contribution >= 0.6 is 11.6 Å². The van der Waals surface area contributed by atoms with Crippen LogP contribution in [0.15, 0.2) is 84.4 Å². The zero-order chi connectivity index (χ0) is 17.9. The summed E-state index contributed by atoms with van der Waals surface area (Å²) in [7, 11) is 0. The summed E-state index contributed by atoms with van der Waals surface area (Å²) >= 11 is 7.20. The molecule has 0 bridgehead atoms. The number of alkyl halides is 1. The molecule has 3 heteroatoms. The maximum atomic E-state index is 13.3. The van der Waals surface area contributed by atoms with Gasteiger partial charge in [0.05, 0.1) is 0 Å². The van der Waals surface area contributed by atoms with Gasteiger partial charge in [0.15, 0.2) is 11.6 Å². The predicted octanol–water partition coefficient (Wildman–Crippen LogP) is 5.16. The molecule has 0 fully saturated rings. The number of rotatable bonds is 1. The largest absolute Gasteiger partial charge is 0.289 e. The average Bonchev–Trinajstić information content (AvgIpc) is 2.95. The summed E-state index contributed by atoms with van der Waals surface area (Å²) in [5.41, 5.74) is 4.85. The molecule has 124 valence electrons. The lowest BCUT2D eigenvalue weighted by molar-refractivity contribution is 0.0979. The predicted molar refractivity (Wildman–Crippen MR) is 102 cm³/mol. The number of carbonyl (C=O) groups excluding carboxylic acids is 2. The molecule has 0 amide bonds. The topological polar surface area (TPSA) is 34.1 Å². The van der Waals surface area contributed by atoms with Gasteiger partial charge >= 0.3 is 0 Å². The lowest BCUT2D eigenvalue weighted by Gasteiger charge is -2.29. The Bertz CT molecular complexity index is 1090. The molecule has 0 unspecified atom stereocenters. The SMILES string of the molecule is O=C1C=C(C2(Cl)c3ccccc3-c3ccccc32)C(=O)c2ccccc21. The molecular formula is C23H13ClO2. The van der Waals surface area contributed by atoms with Crippen molar-refractivity contribution < 1.29 is 9.59 Å². The van der Waals surface area contributed by atoms with Gasteiger partial charge in [0.1, 0.15) is 4.87 Å². The first-order valence-corrected chi connectivity index (χ1v) is 8.78. The van der Waals surface area contributed by atoms with Gasteiger partial charge in [-0.15, -0.1) is 11.6 Å². The van der Waals surface area contributed by atoms with Crippen LogP contribution in [0.1, 0.15) is 31.8 Å². The van der Waals surface area contributed by atoms with Crippen LogP contribution in [0.25, 0.3) is 11.1 Å². The average molecular weight is 357 g/mol. The number of allylic oxidation sites excluding steroid dienone is 2. The van der Waals surface area contributed by atoms with Crippen molar-refractivity contribution in [3.05, 3.63) is 107 Å². The molecule has 5 rings (SSSR count). The summed E-state index contributed by atoms with van der Waals surface area (Å²) in [5.74, 6) is -0.376. The monoisotopic (exact) mass is 356 g/mol. The Kier molecular flexibility index (Phi) is 3.10. The maximum Gasteiger partial charge on any atom is 0.192 e. The highest BCUT2D eigenvalue weighted by Crippen LogP contribution is 2.56. The molecule has 2 nitrogen and oxygen atoms in total. The minimum Gasteiger partial charge on any atom is -0.289 e. The standard InChI is InChI=1S/C23H13ClO2/c24-23(20-13-21(25)16-9-1-2-10-17(16)22(20)26)18-11-5-3-7-14(18)15-8-4-6-12-19(15)23/h1-13H. The van der Waals surface area contributed by atoms with Crippen molar-refractivity contribution in [2.75, 3.05) is 0 Å². The summed E-state index contributed by atoms with van der Waals surface area (Å²) in [6.45, 7) is 0. The maximum absolute atomic E-state index is 13.3. The molecule has 0 saturated carbocycles. The van der Waals surface area contributed by atoms with Crippen LogP contribution in [0.3, 0.4) is 0 Å². The summed E-state index contributed by atoms with van der Waals surface area (Å²) in [6, 6.07) is 22.5. The molecule has 2 aliphatic carbocycles. The van der Waals surface area contributed by atoms with E-state index in [1.165, 1.54) is 6.08 Å². The second-order valence-electron chi connectivity index (χ2n) is 6.55. The smallest absolute Gasteiger partial charge is 0.192 e. The van der Waals surface area contributed by atoms with Gasteiger partial charge in [-0.1, -0.05) is 72.8 Å². The van der Waals surface area contributed by atoms with E-state index in [1.807, 2.05) is 48.5 Å². The molecule has 0 N–H and O–H groups in total. The Balaban J connectivity index is 1.81. The molecule has 3 aromatic rings. The Labute approximate surface area is 155 Å². The minimum absolute atomic E-state index is 0.183. The van der Waals surface area contributed by atoms with Crippen molar-refractivity contribution in [3.63, 3.8) is 0 Å². The van der Waals surface area contributed by atoms with Crippen molar-refractivity contribution in [2.24, 2.45) is 0 Å². The third kappa shape index (κ3) is 1.82. The fourth-order valence-corrected chi connectivity index (χ4v) is 4.51. The molecule has 0 saturated heterocycles. The molecular weight excluding hydrogens is 344 g/mol. The van der Waals surface area contributed by atoms with E-state index in [2.05, 4.69) is 0 Å². The van der Waals surface area contributed by atoms with E-state index in [1.54, 1.807) is 24.3 Å². The Hall–Kier alpha value is -2.97. The van der Waals surface area contributed by atoms with Crippen LogP contribution in [0.5, 0.6) is 0 Å².